The maximum atomic E-state index is 12.4. The van der Waals surface area contributed by atoms with Crippen LogP contribution in [0.25, 0.3) is 6.08 Å². The summed E-state index contributed by atoms with van der Waals surface area (Å²) >= 11 is 0. The number of carbonyl (C=O) groups excluding carboxylic acids is 1. The zero-order valence-electron chi connectivity index (χ0n) is 14.0. The van der Waals surface area contributed by atoms with Crippen molar-refractivity contribution in [3.05, 3.63) is 76.4 Å². The van der Waals surface area contributed by atoms with Crippen LogP contribution in [-0.2, 0) is 12.8 Å². The van der Waals surface area contributed by atoms with Gasteiger partial charge in [0.05, 0.1) is 0 Å². The van der Waals surface area contributed by atoms with Crippen LogP contribution in [0.2, 0.25) is 0 Å². The van der Waals surface area contributed by atoms with Crippen LogP contribution in [0.3, 0.4) is 0 Å². The van der Waals surface area contributed by atoms with Crippen LogP contribution in [-0.4, -0.2) is 5.78 Å². The second-order valence-corrected chi connectivity index (χ2v) is 6.71. The van der Waals surface area contributed by atoms with Gasteiger partial charge >= 0.3 is 0 Å². The van der Waals surface area contributed by atoms with Crippen molar-refractivity contribution >= 4 is 11.9 Å². The minimum Gasteiger partial charge on any atom is -0.289 e. The van der Waals surface area contributed by atoms with Crippen molar-refractivity contribution in [3.63, 3.8) is 0 Å². The molecule has 0 radical (unpaired) electrons. The van der Waals surface area contributed by atoms with E-state index >= 15 is 0 Å². The first kappa shape index (κ1) is 15.7. The fourth-order valence-electron chi connectivity index (χ4n) is 3.15. The molecule has 0 aliphatic heterocycles. The van der Waals surface area contributed by atoms with E-state index in [0.717, 1.165) is 24.0 Å². The smallest absolute Gasteiger partial charge is 0.185 e. The van der Waals surface area contributed by atoms with Crippen LogP contribution < -0.4 is 0 Å². The maximum Gasteiger partial charge on any atom is 0.185 e. The molecule has 0 heterocycles. The van der Waals surface area contributed by atoms with Gasteiger partial charge in [-0.3, -0.25) is 4.79 Å². The second kappa shape index (κ2) is 6.95. The molecule has 0 bridgehead atoms. The van der Waals surface area contributed by atoms with Gasteiger partial charge in [-0.2, -0.15) is 0 Å². The first-order valence-corrected chi connectivity index (χ1v) is 8.57. The van der Waals surface area contributed by atoms with E-state index in [-0.39, 0.29) is 5.78 Å². The number of hydrogen-bond acceptors (Lipinski definition) is 1. The van der Waals surface area contributed by atoms with Gasteiger partial charge < -0.3 is 0 Å². The lowest BCUT2D eigenvalue weighted by Gasteiger charge is -2.15. The van der Waals surface area contributed by atoms with Gasteiger partial charge in [-0.25, -0.2) is 0 Å². The van der Waals surface area contributed by atoms with E-state index in [1.807, 2.05) is 12.1 Å². The zero-order chi connectivity index (χ0) is 16.2. The number of ketones is 1. The molecule has 0 saturated heterocycles. The third kappa shape index (κ3) is 3.79. The number of rotatable bonds is 4. The van der Waals surface area contributed by atoms with E-state index < -0.39 is 0 Å². The van der Waals surface area contributed by atoms with Crippen LogP contribution in [0.1, 0.15) is 65.2 Å². The van der Waals surface area contributed by atoms with Crippen molar-refractivity contribution < 1.29 is 4.79 Å². The van der Waals surface area contributed by atoms with Gasteiger partial charge in [0.25, 0.3) is 0 Å². The highest BCUT2D eigenvalue weighted by atomic mass is 16.1. The molecular weight excluding hydrogens is 280 g/mol. The Bertz CT molecular complexity index is 720. The zero-order valence-corrected chi connectivity index (χ0v) is 14.0. The molecule has 0 N–H and O–H groups in total. The molecule has 0 spiro atoms. The third-order valence-corrected chi connectivity index (χ3v) is 4.66. The van der Waals surface area contributed by atoms with Crippen LogP contribution in [0.4, 0.5) is 0 Å². The molecular formula is C22H24O. The number of benzene rings is 2. The maximum absolute atomic E-state index is 12.4. The normalized spacial score (nSPS) is 14.2. The molecule has 3 rings (SSSR count). The lowest BCUT2D eigenvalue weighted by atomic mass is 9.89. The highest BCUT2D eigenvalue weighted by molar-refractivity contribution is 6.07. The number of allylic oxidation sites excluding steroid dienone is 1. The summed E-state index contributed by atoms with van der Waals surface area (Å²) < 4.78 is 0. The largest absolute Gasteiger partial charge is 0.289 e. The Labute approximate surface area is 139 Å². The van der Waals surface area contributed by atoms with E-state index in [4.69, 9.17) is 0 Å². The molecule has 0 atom stereocenters. The molecule has 1 aliphatic rings. The van der Waals surface area contributed by atoms with E-state index in [9.17, 15) is 4.79 Å². The fraction of sp³-hybridized carbons (Fsp3) is 0.318. The molecule has 2 aromatic rings. The summed E-state index contributed by atoms with van der Waals surface area (Å²) in [6.45, 7) is 4.37. The first-order valence-electron chi connectivity index (χ1n) is 8.57. The lowest BCUT2D eigenvalue weighted by molar-refractivity contribution is 0.104. The van der Waals surface area contributed by atoms with Gasteiger partial charge in [0.2, 0.25) is 0 Å². The number of fused-ring (bicyclic) bond motifs is 1. The summed E-state index contributed by atoms with van der Waals surface area (Å²) in [6.07, 6.45) is 8.37. The number of hydrogen-bond donors (Lipinski definition) is 0. The van der Waals surface area contributed by atoms with E-state index in [0.29, 0.717) is 5.92 Å². The Morgan fingerprint density at radius 3 is 2.35 bits per heavy atom. The standard InChI is InChI=1S/C22H24O/c1-16(2)18-10-7-17(8-11-18)9-14-22(23)21-13-12-19-5-3-4-6-20(19)15-21/h7-16H,3-6H2,1-2H3/b14-9+. The molecule has 0 saturated carbocycles. The molecule has 0 unspecified atom stereocenters. The van der Waals surface area contributed by atoms with Gasteiger partial charge in [-0.1, -0.05) is 56.3 Å². The average Bonchev–Trinajstić information content (AvgIpc) is 2.59. The van der Waals surface area contributed by atoms with Crippen molar-refractivity contribution in [2.24, 2.45) is 0 Å². The minimum absolute atomic E-state index is 0.0892. The lowest BCUT2D eigenvalue weighted by Crippen LogP contribution is -2.05. The number of carbonyl (C=O) groups is 1. The Morgan fingerprint density at radius 2 is 1.65 bits per heavy atom. The molecule has 23 heavy (non-hydrogen) atoms. The average molecular weight is 304 g/mol. The fourth-order valence-corrected chi connectivity index (χ4v) is 3.15. The molecule has 1 heteroatoms. The number of aryl methyl sites for hydroxylation is 2. The predicted molar refractivity (Wildman–Crippen MR) is 97.0 cm³/mol. The van der Waals surface area contributed by atoms with Crippen molar-refractivity contribution in [2.75, 3.05) is 0 Å². The second-order valence-electron chi connectivity index (χ2n) is 6.71. The minimum atomic E-state index is 0.0892. The quantitative estimate of drug-likeness (QED) is 0.532. The first-order chi connectivity index (χ1) is 11.1. The van der Waals surface area contributed by atoms with Crippen molar-refractivity contribution in [1.82, 2.24) is 0 Å². The highest BCUT2D eigenvalue weighted by Crippen LogP contribution is 2.22. The van der Waals surface area contributed by atoms with Gasteiger partial charge in [0.1, 0.15) is 0 Å². The van der Waals surface area contributed by atoms with Crippen LogP contribution >= 0.6 is 0 Å². The van der Waals surface area contributed by atoms with Crippen LogP contribution in [0.5, 0.6) is 0 Å². The van der Waals surface area contributed by atoms with E-state index in [1.54, 1.807) is 6.08 Å². The topological polar surface area (TPSA) is 17.1 Å². The van der Waals surface area contributed by atoms with Gasteiger partial charge in [0.15, 0.2) is 5.78 Å². The molecule has 118 valence electrons. The Balaban J connectivity index is 1.73. The Kier molecular flexibility index (Phi) is 4.76. The van der Waals surface area contributed by atoms with Crippen molar-refractivity contribution in [1.29, 1.82) is 0 Å². The summed E-state index contributed by atoms with van der Waals surface area (Å²) in [5, 5.41) is 0. The molecule has 0 aromatic heterocycles. The Hall–Kier alpha value is -2.15. The molecule has 1 nitrogen and oxygen atoms in total. The van der Waals surface area contributed by atoms with Gasteiger partial charge in [0, 0.05) is 5.56 Å². The predicted octanol–water partition coefficient (Wildman–Crippen LogP) is 5.58. The summed E-state index contributed by atoms with van der Waals surface area (Å²) in [6, 6.07) is 14.6. The summed E-state index contributed by atoms with van der Waals surface area (Å²) in [7, 11) is 0. The molecule has 1 aliphatic carbocycles. The van der Waals surface area contributed by atoms with Crippen molar-refractivity contribution in [3.8, 4) is 0 Å². The summed E-state index contributed by atoms with van der Waals surface area (Å²) in [5.41, 5.74) is 5.97. The van der Waals surface area contributed by atoms with E-state index in [2.05, 4.69) is 50.2 Å². The molecule has 0 fully saturated rings. The van der Waals surface area contributed by atoms with Crippen LogP contribution in [0.15, 0.2) is 48.5 Å². The van der Waals surface area contributed by atoms with Crippen molar-refractivity contribution in [2.45, 2.75) is 45.4 Å². The highest BCUT2D eigenvalue weighted by Gasteiger charge is 2.11. The molecule has 0 amide bonds. The summed E-state index contributed by atoms with van der Waals surface area (Å²) in [5.74, 6) is 0.622. The third-order valence-electron chi connectivity index (χ3n) is 4.66. The Morgan fingerprint density at radius 1 is 0.957 bits per heavy atom. The monoisotopic (exact) mass is 304 g/mol. The van der Waals surface area contributed by atoms with E-state index in [1.165, 1.54) is 29.5 Å². The summed E-state index contributed by atoms with van der Waals surface area (Å²) in [4.78, 5) is 12.4. The van der Waals surface area contributed by atoms with Crippen LogP contribution in [0, 0.1) is 0 Å². The van der Waals surface area contributed by atoms with Gasteiger partial charge in [-0.15, -0.1) is 0 Å². The van der Waals surface area contributed by atoms with Gasteiger partial charge in [-0.05, 0) is 66.0 Å². The molecule has 2 aromatic carbocycles. The SMILES string of the molecule is CC(C)c1ccc(/C=C/C(=O)c2ccc3c(c2)CCCC3)cc1.